The summed E-state index contributed by atoms with van der Waals surface area (Å²) in [5.74, 6) is -0.241. The monoisotopic (exact) mass is 492 g/mol. The Morgan fingerprint density at radius 2 is 1.72 bits per heavy atom. The molecule has 1 aliphatic heterocycles. The summed E-state index contributed by atoms with van der Waals surface area (Å²) in [6.45, 7) is 8.80. The molecule has 0 saturated carbocycles. The van der Waals surface area contributed by atoms with Crippen LogP contribution in [0.15, 0.2) is 39.5 Å². The molecule has 0 aliphatic carbocycles. The minimum Gasteiger partial charge on any atom is -0.450 e. The molecule has 3 aromatic rings. The largest absolute Gasteiger partial charge is 0.450 e. The summed E-state index contributed by atoms with van der Waals surface area (Å²) in [5.41, 5.74) is 1.86. The fraction of sp³-hybridized carbons (Fsp3) is 0.333. The van der Waals surface area contributed by atoms with Crippen molar-refractivity contribution >= 4 is 51.7 Å². The zero-order valence-electron chi connectivity index (χ0n) is 18.0. The maximum atomic E-state index is 13.6. The molecule has 0 spiro atoms. The van der Waals surface area contributed by atoms with Gasteiger partial charge >= 0.3 is 0 Å². The lowest BCUT2D eigenvalue weighted by Crippen LogP contribution is -2.37. The first-order valence-electron chi connectivity index (χ1n) is 10.5. The van der Waals surface area contributed by atoms with Gasteiger partial charge in [-0.15, -0.1) is 0 Å². The molecule has 2 heterocycles. The predicted octanol–water partition coefficient (Wildman–Crippen LogP) is 5.95. The number of aryl methyl sites for hydroxylation is 1. The second kappa shape index (κ2) is 9.06. The van der Waals surface area contributed by atoms with Gasteiger partial charge in [-0.25, -0.2) is 0 Å². The molecular formula is C24H23Cl3N2O3. The molecule has 0 bridgehead atoms. The van der Waals surface area contributed by atoms with Crippen LogP contribution in [0.5, 0.6) is 0 Å². The van der Waals surface area contributed by atoms with Crippen LogP contribution in [-0.2, 0) is 0 Å². The van der Waals surface area contributed by atoms with Gasteiger partial charge in [-0.2, -0.15) is 0 Å². The highest BCUT2D eigenvalue weighted by molar-refractivity contribution is 6.42. The maximum Gasteiger partial charge on any atom is 0.290 e. The topological polar surface area (TPSA) is 53.8 Å². The second-order valence-corrected chi connectivity index (χ2v) is 9.09. The van der Waals surface area contributed by atoms with E-state index in [1.54, 1.807) is 35.2 Å². The molecule has 0 radical (unpaired) electrons. The molecule has 168 valence electrons. The number of halogens is 3. The van der Waals surface area contributed by atoms with Gasteiger partial charge in [-0.3, -0.25) is 9.59 Å². The van der Waals surface area contributed by atoms with E-state index < -0.39 is 6.04 Å². The Morgan fingerprint density at radius 3 is 2.38 bits per heavy atom. The van der Waals surface area contributed by atoms with E-state index in [2.05, 4.69) is 18.7 Å². The van der Waals surface area contributed by atoms with Gasteiger partial charge in [-0.1, -0.05) is 54.7 Å². The third-order valence-corrected chi connectivity index (χ3v) is 7.20. The first kappa shape index (κ1) is 23.1. The zero-order chi connectivity index (χ0) is 23.2. The molecule has 1 amide bonds. The quantitative estimate of drug-likeness (QED) is 0.426. The van der Waals surface area contributed by atoms with Crippen molar-refractivity contribution in [2.24, 2.45) is 0 Å². The van der Waals surface area contributed by atoms with Crippen LogP contribution in [0.4, 0.5) is 0 Å². The zero-order valence-corrected chi connectivity index (χ0v) is 20.3. The van der Waals surface area contributed by atoms with Gasteiger partial charge in [0, 0.05) is 18.1 Å². The lowest BCUT2D eigenvalue weighted by molar-refractivity contribution is 0.0708. The second-order valence-electron chi connectivity index (χ2n) is 7.87. The minimum atomic E-state index is -0.622. The number of fused-ring (bicyclic) bond motifs is 2. The molecule has 32 heavy (non-hydrogen) atoms. The number of hydrogen-bond acceptors (Lipinski definition) is 4. The molecular weight excluding hydrogens is 471 g/mol. The summed E-state index contributed by atoms with van der Waals surface area (Å²) in [7, 11) is 0. The molecule has 5 nitrogen and oxygen atoms in total. The van der Waals surface area contributed by atoms with E-state index in [0.29, 0.717) is 50.3 Å². The first-order chi connectivity index (χ1) is 15.3. The molecule has 2 aromatic carbocycles. The van der Waals surface area contributed by atoms with Crippen LogP contribution in [-0.4, -0.2) is 41.9 Å². The van der Waals surface area contributed by atoms with Gasteiger partial charge in [-0.05, 0) is 55.4 Å². The van der Waals surface area contributed by atoms with Crippen molar-refractivity contribution in [3.63, 3.8) is 0 Å². The van der Waals surface area contributed by atoms with Crippen molar-refractivity contribution in [2.75, 3.05) is 26.2 Å². The maximum absolute atomic E-state index is 13.6. The molecule has 1 aliphatic rings. The van der Waals surface area contributed by atoms with Crippen LogP contribution in [0, 0.1) is 6.92 Å². The number of carbonyl (C=O) groups is 1. The van der Waals surface area contributed by atoms with Crippen LogP contribution in [0.25, 0.3) is 11.0 Å². The van der Waals surface area contributed by atoms with Gasteiger partial charge in [0.25, 0.3) is 5.91 Å². The summed E-state index contributed by atoms with van der Waals surface area (Å²) in [5, 5.41) is 1.58. The number of benzene rings is 2. The van der Waals surface area contributed by atoms with Gasteiger partial charge in [0.1, 0.15) is 5.58 Å². The average molecular weight is 494 g/mol. The lowest BCUT2D eigenvalue weighted by Gasteiger charge is -2.28. The van der Waals surface area contributed by atoms with Crippen molar-refractivity contribution < 1.29 is 9.21 Å². The summed E-state index contributed by atoms with van der Waals surface area (Å²) in [6.07, 6.45) is 0. The van der Waals surface area contributed by atoms with E-state index >= 15 is 0 Å². The number of nitrogens with zero attached hydrogens (tertiary/aromatic N) is 2. The fourth-order valence-corrected chi connectivity index (χ4v) is 4.66. The van der Waals surface area contributed by atoms with Crippen molar-refractivity contribution in [3.05, 3.63) is 78.1 Å². The van der Waals surface area contributed by atoms with E-state index in [0.717, 1.165) is 18.7 Å². The highest BCUT2D eigenvalue weighted by Gasteiger charge is 2.42. The molecule has 0 saturated heterocycles. The highest BCUT2D eigenvalue weighted by atomic mass is 35.5. The number of amides is 1. The Hall–Kier alpha value is -2.05. The Kier molecular flexibility index (Phi) is 6.55. The standard InChI is InChI=1S/C24H23Cl3N2O3/c1-4-28(5-2)8-9-29-21(14-6-7-16(25)18(27)11-14)20-22(30)15-12-17(26)13(3)10-19(15)32-23(20)24(29)31/h6-7,10-12,21H,4-5,8-9H2,1-3H3. The highest BCUT2D eigenvalue weighted by Crippen LogP contribution is 2.40. The summed E-state index contributed by atoms with van der Waals surface area (Å²) < 4.78 is 6.01. The normalized spacial score (nSPS) is 15.8. The van der Waals surface area contributed by atoms with E-state index in [1.807, 2.05) is 6.92 Å². The van der Waals surface area contributed by atoms with E-state index in [9.17, 15) is 9.59 Å². The predicted molar refractivity (Wildman–Crippen MR) is 129 cm³/mol. The summed E-state index contributed by atoms with van der Waals surface area (Å²) in [6, 6.07) is 7.84. The number of carbonyl (C=O) groups excluding carboxylic acids is 1. The van der Waals surface area contributed by atoms with Crippen LogP contribution >= 0.6 is 34.8 Å². The molecule has 8 heteroatoms. The van der Waals surface area contributed by atoms with Crippen molar-refractivity contribution in [2.45, 2.75) is 26.8 Å². The Bertz CT molecular complexity index is 1270. The Labute approximate surface area is 201 Å². The molecule has 1 aromatic heterocycles. The van der Waals surface area contributed by atoms with Gasteiger partial charge in [0.15, 0.2) is 5.43 Å². The summed E-state index contributed by atoms with van der Waals surface area (Å²) in [4.78, 5) is 31.0. The van der Waals surface area contributed by atoms with Gasteiger partial charge < -0.3 is 14.2 Å². The van der Waals surface area contributed by atoms with E-state index in [1.165, 1.54) is 0 Å². The van der Waals surface area contributed by atoms with Crippen LogP contribution in [0.2, 0.25) is 15.1 Å². The third kappa shape index (κ3) is 3.92. The van der Waals surface area contributed by atoms with Gasteiger partial charge in [0.2, 0.25) is 5.76 Å². The minimum absolute atomic E-state index is 0.0693. The average Bonchev–Trinajstić information content (AvgIpc) is 3.04. The number of rotatable bonds is 6. The third-order valence-electron chi connectivity index (χ3n) is 6.06. The molecule has 1 atom stereocenters. The molecule has 1 unspecified atom stereocenters. The van der Waals surface area contributed by atoms with E-state index in [-0.39, 0.29) is 17.1 Å². The van der Waals surface area contributed by atoms with Crippen LogP contribution in [0.3, 0.4) is 0 Å². The molecule has 0 fully saturated rings. The molecule has 0 N–H and O–H groups in total. The van der Waals surface area contributed by atoms with Crippen molar-refractivity contribution in [1.82, 2.24) is 9.80 Å². The van der Waals surface area contributed by atoms with E-state index in [4.69, 9.17) is 39.2 Å². The Balaban J connectivity index is 1.91. The molecule has 4 rings (SSSR count). The number of likely N-dealkylation sites (N-methyl/N-ethyl adjacent to an activating group) is 1. The van der Waals surface area contributed by atoms with Crippen molar-refractivity contribution in [3.8, 4) is 0 Å². The number of hydrogen-bond donors (Lipinski definition) is 0. The smallest absolute Gasteiger partial charge is 0.290 e. The van der Waals surface area contributed by atoms with Crippen LogP contribution < -0.4 is 5.43 Å². The lowest BCUT2D eigenvalue weighted by atomic mass is 9.98. The SMILES string of the molecule is CCN(CC)CCN1C(=O)c2oc3cc(C)c(Cl)cc3c(=O)c2C1c1ccc(Cl)c(Cl)c1. The van der Waals surface area contributed by atoms with Crippen LogP contribution in [0.1, 0.15) is 47.1 Å². The summed E-state index contributed by atoms with van der Waals surface area (Å²) >= 11 is 18.7. The van der Waals surface area contributed by atoms with Crippen molar-refractivity contribution in [1.29, 1.82) is 0 Å². The fourth-order valence-electron chi connectivity index (χ4n) is 4.19. The van der Waals surface area contributed by atoms with Gasteiger partial charge in [0.05, 0.1) is 27.0 Å². The Morgan fingerprint density at radius 1 is 1.00 bits per heavy atom. The first-order valence-corrected chi connectivity index (χ1v) is 11.6.